The van der Waals surface area contributed by atoms with E-state index in [-0.39, 0.29) is 17.7 Å². The van der Waals surface area contributed by atoms with E-state index in [9.17, 15) is 14.7 Å². The first kappa shape index (κ1) is 16.3. The SMILES string of the molecule is CC(=O)N1CCC(C(=O)NCC2(O)CCCCCC2)CC1. The number of carbonyl (C=O) groups is 2. The Labute approximate surface area is 127 Å². The van der Waals surface area contributed by atoms with Crippen molar-refractivity contribution in [3.8, 4) is 0 Å². The predicted octanol–water partition coefficient (Wildman–Crippen LogP) is 1.45. The molecule has 0 bridgehead atoms. The molecule has 1 saturated carbocycles. The number of aliphatic hydroxyl groups is 1. The number of hydrogen-bond acceptors (Lipinski definition) is 3. The van der Waals surface area contributed by atoms with Gasteiger partial charge >= 0.3 is 0 Å². The molecule has 0 aromatic carbocycles. The molecule has 0 spiro atoms. The lowest BCUT2D eigenvalue weighted by Crippen LogP contribution is -2.47. The normalized spacial score (nSPS) is 23.4. The van der Waals surface area contributed by atoms with Crippen LogP contribution in [-0.4, -0.2) is 47.1 Å². The van der Waals surface area contributed by atoms with Crippen LogP contribution in [0.3, 0.4) is 0 Å². The molecular weight excluding hydrogens is 268 g/mol. The van der Waals surface area contributed by atoms with Crippen molar-refractivity contribution in [1.29, 1.82) is 0 Å². The largest absolute Gasteiger partial charge is 0.388 e. The average Bonchev–Trinajstić information content (AvgIpc) is 2.70. The van der Waals surface area contributed by atoms with E-state index in [1.54, 1.807) is 11.8 Å². The molecule has 2 fully saturated rings. The van der Waals surface area contributed by atoms with E-state index < -0.39 is 5.60 Å². The molecule has 1 saturated heterocycles. The van der Waals surface area contributed by atoms with Crippen LogP contribution < -0.4 is 5.32 Å². The average molecular weight is 296 g/mol. The lowest BCUT2D eigenvalue weighted by atomic mass is 9.92. The zero-order chi connectivity index (χ0) is 15.3. The minimum Gasteiger partial charge on any atom is -0.388 e. The first-order valence-electron chi connectivity index (χ1n) is 8.26. The van der Waals surface area contributed by atoms with Crippen molar-refractivity contribution in [2.45, 2.75) is 63.9 Å². The Morgan fingerprint density at radius 3 is 2.24 bits per heavy atom. The molecule has 2 N–H and O–H groups in total. The third kappa shape index (κ3) is 4.70. The minimum atomic E-state index is -0.716. The number of piperidine rings is 1. The third-order valence-electron chi connectivity index (χ3n) is 4.94. The van der Waals surface area contributed by atoms with Crippen LogP contribution in [0.1, 0.15) is 58.3 Å². The summed E-state index contributed by atoms with van der Waals surface area (Å²) in [6.07, 6.45) is 7.48. The Morgan fingerprint density at radius 1 is 1.14 bits per heavy atom. The number of hydrogen-bond donors (Lipinski definition) is 2. The maximum atomic E-state index is 12.2. The summed E-state index contributed by atoms with van der Waals surface area (Å²) < 4.78 is 0. The van der Waals surface area contributed by atoms with Crippen molar-refractivity contribution >= 4 is 11.8 Å². The number of rotatable bonds is 3. The van der Waals surface area contributed by atoms with Crippen LogP contribution in [0.25, 0.3) is 0 Å². The Hall–Kier alpha value is -1.10. The molecule has 1 aliphatic heterocycles. The van der Waals surface area contributed by atoms with Gasteiger partial charge in [0.15, 0.2) is 0 Å². The van der Waals surface area contributed by atoms with Crippen LogP contribution in [-0.2, 0) is 9.59 Å². The second kappa shape index (κ2) is 7.25. The molecule has 5 nitrogen and oxygen atoms in total. The van der Waals surface area contributed by atoms with Gasteiger partial charge in [0.2, 0.25) is 11.8 Å². The molecule has 2 rings (SSSR count). The lowest BCUT2D eigenvalue weighted by Gasteiger charge is -2.32. The first-order chi connectivity index (χ1) is 10.0. The molecule has 0 aromatic rings. The second-order valence-corrected chi connectivity index (χ2v) is 6.64. The molecule has 1 aliphatic carbocycles. The highest BCUT2D eigenvalue weighted by molar-refractivity contribution is 5.79. The van der Waals surface area contributed by atoms with Crippen molar-refractivity contribution in [2.24, 2.45) is 5.92 Å². The van der Waals surface area contributed by atoms with Gasteiger partial charge in [0.05, 0.1) is 5.60 Å². The molecule has 0 radical (unpaired) electrons. The van der Waals surface area contributed by atoms with Gasteiger partial charge in [0.25, 0.3) is 0 Å². The van der Waals surface area contributed by atoms with E-state index in [4.69, 9.17) is 0 Å². The highest BCUT2D eigenvalue weighted by Crippen LogP contribution is 2.26. The molecule has 5 heteroatoms. The molecule has 21 heavy (non-hydrogen) atoms. The number of carbonyl (C=O) groups excluding carboxylic acids is 2. The quantitative estimate of drug-likeness (QED) is 0.774. The monoisotopic (exact) mass is 296 g/mol. The van der Waals surface area contributed by atoms with Gasteiger partial charge in [-0.15, -0.1) is 0 Å². The highest BCUT2D eigenvalue weighted by Gasteiger charge is 2.31. The molecule has 120 valence electrons. The maximum Gasteiger partial charge on any atom is 0.223 e. The molecule has 1 heterocycles. The summed E-state index contributed by atoms with van der Waals surface area (Å²) in [5, 5.41) is 13.5. The summed E-state index contributed by atoms with van der Waals surface area (Å²) in [5.41, 5.74) is -0.716. The fourth-order valence-electron chi connectivity index (χ4n) is 3.42. The van der Waals surface area contributed by atoms with E-state index in [0.29, 0.717) is 19.6 Å². The van der Waals surface area contributed by atoms with Crippen LogP contribution in [0.2, 0.25) is 0 Å². The fourth-order valence-corrected chi connectivity index (χ4v) is 3.42. The van der Waals surface area contributed by atoms with Gasteiger partial charge in [-0.05, 0) is 25.7 Å². The molecule has 0 atom stereocenters. The van der Waals surface area contributed by atoms with Crippen molar-refractivity contribution < 1.29 is 14.7 Å². The van der Waals surface area contributed by atoms with E-state index in [2.05, 4.69) is 5.32 Å². The zero-order valence-electron chi connectivity index (χ0n) is 13.1. The highest BCUT2D eigenvalue weighted by atomic mass is 16.3. The summed E-state index contributed by atoms with van der Waals surface area (Å²) in [7, 11) is 0. The van der Waals surface area contributed by atoms with Crippen LogP contribution in [0.15, 0.2) is 0 Å². The zero-order valence-corrected chi connectivity index (χ0v) is 13.1. The molecular formula is C16H28N2O3. The summed E-state index contributed by atoms with van der Waals surface area (Å²) >= 11 is 0. The standard InChI is InChI=1S/C16H28N2O3/c1-13(19)18-10-6-14(7-11-18)15(20)17-12-16(21)8-4-2-3-5-9-16/h14,21H,2-12H2,1H3,(H,17,20). The van der Waals surface area contributed by atoms with E-state index >= 15 is 0 Å². The van der Waals surface area contributed by atoms with E-state index in [0.717, 1.165) is 38.5 Å². The summed E-state index contributed by atoms with van der Waals surface area (Å²) in [4.78, 5) is 25.3. The number of amides is 2. The molecule has 0 aromatic heterocycles. The van der Waals surface area contributed by atoms with Crippen LogP contribution >= 0.6 is 0 Å². The van der Waals surface area contributed by atoms with Crippen LogP contribution in [0.5, 0.6) is 0 Å². The lowest BCUT2D eigenvalue weighted by molar-refractivity contribution is -0.134. The minimum absolute atomic E-state index is 0.0185. The van der Waals surface area contributed by atoms with E-state index in [1.807, 2.05) is 0 Å². The van der Waals surface area contributed by atoms with Gasteiger partial charge in [0.1, 0.15) is 0 Å². The Morgan fingerprint density at radius 2 is 1.71 bits per heavy atom. The summed E-state index contributed by atoms with van der Waals surface area (Å²) in [5.74, 6) is 0.104. The van der Waals surface area contributed by atoms with Crippen LogP contribution in [0.4, 0.5) is 0 Å². The van der Waals surface area contributed by atoms with Gasteiger partial charge in [-0.2, -0.15) is 0 Å². The Bertz CT molecular complexity index is 368. The molecule has 2 aliphatic rings. The smallest absolute Gasteiger partial charge is 0.223 e. The second-order valence-electron chi connectivity index (χ2n) is 6.64. The van der Waals surface area contributed by atoms with Gasteiger partial charge < -0.3 is 15.3 Å². The van der Waals surface area contributed by atoms with E-state index in [1.165, 1.54) is 12.8 Å². The number of nitrogens with one attached hydrogen (secondary N) is 1. The topological polar surface area (TPSA) is 69.6 Å². The summed E-state index contributed by atoms with van der Waals surface area (Å²) in [6, 6.07) is 0. The molecule has 2 amide bonds. The van der Waals surface area contributed by atoms with Crippen molar-refractivity contribution in [3.05, 3.63) is 0 Å². The van der Waals surface area contributed by atoms with Gasteiger partial charge in [-0.3, -0.25) is 9.59 Å². The molecule has 0 unspecified atom stereocenters. The fraction of sp³-hybridized carbons (Fsp3) is 0.875. The number of likely N-dealkylation sites (tertiary alicyclic amines) is 1. The number of nitrogens with zero attached hydrogens (tertiary/aromatic N) is 1. The maximum absolute atomic E-state index is 12.2. The van der Waals surface area contributed by atoms with Gasteiger partial charge in [-0.1, -0.05) is 25.7 Å². The van der Waals surface area contributed by atoms with Crippen molar-refractivity contribution in [1.82, 2.24) is 10.2 Å². The third-order valence-corrected chi connectivity index (χ3v) is 4.94. The summed E-state index contributed by atoms with van der Waals surface area (Å²) in [6.45, 7) is 3.27. The Kier molecular flexibility index (Phi) is 5.62. The van der Waals surface area contributed by atoms with Gasteiger partial charge in [0, 0.05) is 32.5 Å². The first-order valence-corrected chi connectivity index (χ1v) is 8.26. The van der Waals surface area contributed by atoms with Crippen molar-refractivity contribution in [2.75, 3.05) is 19.6 Å². The van der Waals surface area contributed by atoms with Gasteiger partial charge in [-0.25, -0.2) is 0 Å². The Balaban J connectivity index is 1.75. The van der Waals surface area contributed by atoms with Crippen molar-refractivity contribution in [3.63, 3.8) is 0 Å². The van der Waals surface area contributed by atoms with Crippen LogP contribution in [0, 0.1) is 5.92 Å². The predicted molar refractivity (Wildman–Crippen MR) is 80.6 cm³/mol.